The normalized spacial score (nSPS) is 10.6. The number of carbonyl (C=O) groups excluding carboxylic acids is 1. The summed E-state index contributed by atoms with van der Waals surface area (Å²) in [5.74, 6) is -1.93. The molecule has 0 aliphatic carbocycles. The van der Waals surface area contributed by atoms with E-state index in [9.17, 15) is 14.0 Å². The van der Waals surface area contributed by atoms with Gasteiger partial charge in [0.25, 0.3) is 5.91 Å². The maximum atomic E-state index is 13.8. The smallest absolute Gasteiger partial charge is 0.311 e. The molecule has 0 fully saturated rings. The Bertz CT molecular complexity index is 757. The first-order chi connectivity index (χ1) is 10.8. The minimum atomic E-state index is -1.10. The number of aliphatic carboxylic acids is 1. The van der Waals surface area contributed by atoms with E-state index in [0.29, 0.717) is 10.6 Å². The van der Waals surface area contributed by atoms with Crippen molar-refractivity contribution < 1.29 is 23.5 Å². The van der Waals surface area contributed by atoms with Gasteiger partial charge in [-0.2, -0.15) is 0 Å². The molecule has 23 heavy (non-hydrogen) atoms. The Hall–Kier alpha value is -2.34. The van der Waals surface area contributed by atoms with Gasteiger partial charge in [0.15, 0.2) is 0 Å². The van der Waals surface area contributed by atoms with Crippen LogP contribution in [0, 0.1) is 12.7 Å². The van der Waals surface area contributed by atoms with E-state index in [2.05, 4.69) is 0 Å². The highest BCUT2D eigenvalue weighted by molar-refractivity contribution is 6.30. The zero-order valence-corrected chi connectivity index (χ0v) is 13.4. The van der Waals surface area contributed by atoms with Crippen LogP contribution in [0.4, 0.5) is 4.39 Å². The zero-order chi connectivity index (χ0) is 17.1. The lowest BCUT2D eigenvalue weighted by Crippen LogP contribution is -2.28. The maximum Gasteiger partial charge on any atom is 0.311 e. The zero-order valence-electron chi connectivity index (χ0n) is 12.6. The summed E-state index contributed by atoms with van der Waals surface area (Å²) in [4.78, 5) is 24.7. The van der Waals surface area contributed by atoms with E-state index in [0.717, 1.165) is 0 Å². The van der Waals surface area contributed by atoms with E-state index >= 15 is 0 Å². The highest BCUT2D eigenvalue weighted by atomic mass is 35.5. The molecule has 1 N–H and O–H groups in total. The standard InChI is InChI=1S/C16H15ClFNO4/c1-9-8-23-13(6-14(20)21)15(9)16(22)19(2)7-10-5-11(17)3-4-12(10)18/h3-5,8H,6-7H2,1-2H3,(H,20,21). The monoisotopic (exact) mass is 339 g/mol. The van der Waals surface area contributed by atoms with E-state index < -0.39 is 24.1 Å². The van der Waals surface area contributed by atoms with Crippen molar-refractivity contribution in [3.8, 4) is 0 Å². The summed E-state index contributed by atoms with van der Waals surface area (Å²) in [7, 11) is 1.50. The van der Waals surface area contributed by atoms with Crippen LogP contribution in [-0.2, 0) is 17.8 Å². The predicted octanol–water partition coefficient (Wildman–Crippen LogP) is 3.28. The number of nitrogens with zero attached hydrogens (tertiary/aromatic N) is 1. The molecule has 122 valence electrons. The van der Waals surface area contributed by atoms with Gasteiger partial charge in [-0.15, -0.1) is 0 Å². The number of aryl methyl sites for hydroxylation is 1. The minimum Gasteiger partial charge on any atom is -0.481 e. The first-order valence-electron chi connectivity index (χ1n) is 6.77. The Balaban J connectivity index is 2.25. The van der Waals surface area contributed by atoms with Crippen molar-refractivity contribution in [2.24, 2.45) is 0 Å². The summed E-state index contributed by atoms with van der Waals surface area (Å²) >= 11 is 5.84. The first kappa shape index (κ1) is 17.0. The van der Waals surface area contributed by atoms with Crippen molar-refractivity contribution in [1.82, 2.24) is 4.90 Å². The lowest BCUT2D eigenvalue weighted by Gasteiger charge is -2.18. The topological polar surface area (TPSA) is 70.7 Å². The number of hydrogen-bond donors (Lipinski definition) is 1. The number of hydrogen-bond acceptors (Lipinski definition) is 3. The molecule has 1 aromatic heterocycles. The molecular formula is C16H15ClFNO4. The highest BCUT2D eigenvalue weighted by Gasteiger charge is 2.23. The Morgan fingerprint density at radius 3 is 2.74 bits per heavy atom. The van der Waals surface area contributed by atoms with Crippen molar-refractivity contribution in [3.63, 3.8) is 0 Å². The molecule has 0 radical (unpaired) electrons. The molecule has 0 saturated carbocycles. The molecule has 1 aromatic carbocycles. The molecular weight excluding hydrogens is 325 g/mol. The number of halogens is 2. The second kappa shape index (κ2) is 6.83. The third-order valence-electron chi connectivity index (χ3n) is 3.34. The van der Waals surface area contributed by atoms with Crippen molar-refractivity contribution in [2.45, 2.75) is 19.9 Å². The van der Waals surface area contributed by atoms with Gasteiger partial charge in [0.1, 0.15) is 18.0 Å². The molecule has 0 aliphatic heterocycles. The summed E-state index contributed by atoms with van der Waals surface area (Å²) in [6, 6.07) is 4.10. The van der Waals surface area contributed by atoms with Gasteiger partial charge in [-0.05, 0) is 25.1 Å². The second-order valence-electron chi connectivity index (χ2n) is 5.18. The van der Waals surface area contributed by atoms with Gasteiger partial charge in [-0.1, -0.05) is 11.6 Å². The van der Waals surface area contributed by atoms with E-state index in [1.165, 1.54) is 36.4 Å². The molecule has 2 rings (SSSR count). The van der Waals surface area contributed by atoms with Gasteiger partial charge < -0.3 is 14.4 Å². The molecule has 1 heterocycles. The molecule has 0 spiro atoms. The largest absolute Gasteiger partial charge is 0.481 e. The average Bonchev–Trinajstić information content (AvgIpc) is 2.82. The number of carboxylic acids is 1. The number of amides is 1. The van der Waals surface area contributed by atoms with Gasteiger partial charge in [0, 0.05) is 29.7 Å². The lowest BCUT2D eigenvalue weighted by atomic mass is 10.1. The molecule has 0 saturated heterocycles. The summed E-state index contributed by atoms with van der Waals surface area (Å²) in [5.41, 5.74) is 0.997. The van der Waals surface area contributed by atoms with Gasteiger partial charge >= 0.3 is 5.97 Å². The fraction of sp³-hybridized carbons (Fsp3) is 0.250. The van der Waals surface area contributed by atoms with Crippen LogP contribution in [0.25, 0.3) is 0 Å². The Morgan fingerprint density at radius 2 is 2.09 bits per heavy atom. The third-order valence-corrected chi connectivity index (χ3v) is 3.57. The molecule has 0 unspecified atom stereocenters. The van der Waals surface area contributed by atoms with E-state index in [4.69, 9.17) is 21.1 Å². The quantitative estimate of drug-likeness (QED) is 0.907. The third kappa shape index (κ3) is 3.90. The number of carboxylic acid groups (broad SMARTS) is 1. The van der Waals surface area contributed by atoms with Crippen LogP contribution >= 0.6 is 11.6 Å². The summed E-state index contributed by atoms with van der Waals surface area (Å²) in [6.07, 6.45) is 0.938. The van der Waals surface area contributed by atoms with Gasteiger partial charge in [-0.25, -0.2) is 4.39 Å². The lowest BCUT2D eigenvalue weighted by molar-refractivity contribution is -0.136. The molecule has 2 aromatic rings. The summed E-state index contributed by atoms with van der Waals surface area (Å²) in [5, 5.41) is 9.24. The number of benzene rings is 1. The SMILES string of the molecule is Cc1coc(CC(=O)O)c1C(=O)N(C)Cc1cc(Cl)ccc1F. The molecule has 1 amide bonds. The second-order valence-corrected chi connectivity index (χ2v) is 5.62. The molecule has 0 atom stereocenters. The Kier molecular flexibility index (Phi) is 5.05. The predicted molar refractivity (Wildman–Crippen MR) is 82.0 cm³/mol. The maximum absolute atomic E-state index is 13.8. The fourth-order valence-corrected chi connectivity index (χ4v) is 2.43. The van der Waals surface area contributed by atoms with Crippen molar-refractivity contribution >= 4 is 23.5 Å². The fourth-order valence-electron chi connectivity index (χ4n) is 2.24. The highest BCUT2D eigenvalue weighted by Crippen LogP contribution is 2.21. The average molecular weight is 340 g/mol. The summed E-state index contributed by atoms with van der Waals surface area (Å²) in [6.45, 7) is 1.65. The molecule has 5 nitrogen and oxygen atoms in total. The van der Waals surface area contributed by atoms with E-state index in [1.807, 2.05) is 0 Å². The van der Waals surface area contributed by atoms with Crippen molar-refractivity contribution in [2.75, 3.05) is 7.05 Å². The number of rotatable bonds is 5. The van der Waals surface area contributed by atoms with Crippen LogP contribution in [-0.4, -0.2) is 28.9 Å². The Morgan fingerprint density at radius 1 is 1.39 bits per heavy atom. The van der Waals surface area contributed by atoms with E-state index in [-0.39, 0.29) is 23.4 Å². The number of furan rings is 1. The number of carbonyl (C=O) groups is 2. The van der Waals surface area contributed by atoms with Gasteiger partial charge in [0.05, 0.1) is 11.8 Å². The molecule has 0 bridgehead atoms. The van der Waals surface area contributed by atoms with Crippen LogP contribution in [0.3, 0.4) is 0 Å². The van der Waals surface area contributed by atoms with Crippen molar-refractivity contribution in [3.05, 3.63) is 57.8 Å². The van der Waals surface area contributed by atoms with Crippen LogP contribution in [0.1, 0.15) is 27.2 Å². The van der Waals surface area contributed by atoms with Crippen LogP contribution in [0.2, 0.25) is 5.02 Å². The van der Waals surface area contributed by atoms with Crippen LogP contribution in [0.5, 0.6) is 0 Å². The molecule has 7 heteroatoms. The van der Waals surface area contributed by atoms with Crippen molar-refractivity contribution in [1.29, 1.82) is 0 Å². The van der Waals surface area contributed by atoms with E-state index in [1.54, 1.807) is 6.92 Å². The Labute approximate surface area is 137 Å². The first-order valence-corrected chi connectivity index (χ1v) is 7.15. The molecule has 0 aliphatic rings. The van der Waals surface area contributed by atoms with Crippen LogP contribution in [0.15, 0.2) is 28.9 Å². The van der Waals surface area contributed by atoms with Gasteiger partial charge in [-0.3, -0.25) is 9.59 Å². The van der Waals surface area contributed by atoms with Crippen LogP contribution < -0.4 is 0 Å². The van der Waals surface area contributed by atoms with Gasteiger partial charge in [0.2, 0.25) is 0 Å². The minimum absolute atomic E-state index is 0.00234. The summed E-state index contributed by atoms with van der Waals surface area (Å²) < 4.78 is 18.9.